The molecule has 7 nitrogen and oxygen atoms in total. The first-order chi connectivity index (χ1) is 16.0. The van der Waals surface area contributed by atoms with E-state index in [2.05, 4.69) is 43.4 Å². The minimum atomic E-state index is -0.288. The van der Waals surface area contributed by atoms with Crippen LogP contribution in [0.3, 0.4) is 0 Å². The van der Waals surface area contributed by atoms with E-state index in [-0.39, 0.29) is 18.0 Å². The Balaban J connectivity index is 1.44. The maximum atomic E-state index is 13.3. The molecule has 1 aromatic carbocycles. The van der Waals surface area contributed by atoms with Gasteiger partial charge in [-0.25, -0.2) is 9.78 Å². The number of carbonyl (C=O) groups is 2. The molecule has 172 valence electrons. The minimum Gasteiger partial charge on any atom is -0.347 e. The topological polar surface area (TPSA) is 77.6 Å². The largest absolute Gasteiger partial charge is 0.347 e. The first-order valence-electron chi connectivity index (χ1n) is 11.4. The summed E-state index contributed by atoms with van der Waals surface area (Å²) in [6.45, 7) is 5.24. The number of urea groups is 1. The number of aromatic nitrogens is 1. The maximum Gasteiger partial charge on any atom is 0.331 e. The van der Waals surface area contributed by atoms with Crippen molar-refractivity contribution in [2.24, 2.45) is 0 Å². The smallest absolute Gasteiger partial charge is 0.331 e. The number of piperidine rings is 1. The number of hydrogen-bond donors (Lipinski definition) is 2. The molecule has 0 spiro atoms. The van der Waals surface area contributed by atoms with Gasteiger partial charge in [0, 0.05) is 23.3 Å². The first-order valence-corrected chi connectivity index (χ1v) is 13.0. The van der Waals surface area contributed by atoms with E-state index >= 15 is 0 Å². The number of anilines is 3. The second kappa shape index (κ2) is 9.40. The zero-order valence-electron chi connectivity index (χ0n) is 18.4. The van der Waals surface area contributed by atoms with Gasteiger partial charge in [-0.3, -0.25) is 9.69 Å². The Morgan fingerprint density at radius 3 is 3.06 bits per heavy atom. The summed E-state index contributed by atoms with van der Waals surface area (Å²) in [6.07, 6.45) is 6.09. The molecule has 0 aliphatic carbocycles. The van der Waals surface area contributed by atoms with E-state index in [0.717, 1.165) is 58.5 Å². The molecule has 1 saturated heterocycles. The highest BCUT2D eigenvalue weighted by Crippen LogP contribution is 2.45. The summed E-state index contributed by atoms with van der Waals surface area (Å²) in [5, 5.41) is 6.99. The van der Waals surface area contributed by atoms with Crippen molar-refractivity contribution in [1.29, 1.82) is 0 Å². The lowest BCUT2D eigenvalue weighted by Gasteiger charge is -2.33. The van der Waals surface area contributed by atoms with Crippen LogP contribution in [0, 0.1) is 0 Å². The van der Waals surface area contributed by atoms with Crippen LogP contribution in [-0.4, -0.2) is 47.5 Å². The predicted octanol–water partition coefficient (Wildman–Crippen LogP) is 5.74. The van der Waals surface area contributed by atoms with Gasteiger partial charge < -0.3 is 15.5 Å². The molecule has 2 aromatic heterocycles. The summed E-state index contributed by atoms with van der Waals surface area (Å²) in [5.41, 5.74) is 2.03. The van der Waals surface area contributed by atoms with Gasteiger partial charge in [-0.05, 0) is 56.6 Å². The third kappa shape index (κ3) is 4.37. The number of rotatable bonds is 6. The van der Waals surface area contributed by atoms with Crippen LogP contribution >= 0.6 is 27.3 Å². The van der Waals surface area contributed by atoms with E-state index in [0.29, 0.717) is 10.6 Å². The average molecular weight is 528 g/mol. The highest BCUT2D eigenvalue weighted by atomic mass is 79.9. The lowest BCUT2D eigenvalue weighted by molar-refractivity contribution is 0.0908. The Kier molecular flexibility index (Phi) is 6.36. The monoisotopic (exact) mass is 527 g/mol. The quantitative estimate of drug-likeness (QED) is 0.428. The maximum absolute atomic E-state index is 13.3. The van der Waals surface area contributed by atoms with E-state index in [1.165, 1.54) is 24.2 Å². The molecule has 1 unspecified atom stereocenters. The van der Waals surface area contributed by atoms with Crippen LogP contribution in [0.25, 0.3) is 10.2 Å². The van der Waals surface area contributed by atoms with Gasteiger partial charge in [0.15, 0.2) is 0 Å². The number of hydrogen-bond acceptors (Lipinski definition) is 5. The van der Waals surface area contributed by atoms with E-state index in [9.17, 15) is 9.59 Å². The van der Waals surface area contributed by atoms with Crippen molar-refractivity contribution in [3.05, 3.63) is 45.9 Å². The fourth-order valence-electron chi connectivity index (χ4n) is 4.63. The van der Waals surface area contributed by atoms with Gasteiger partial charge in [0.1, 0.15) is 9.71 Å². The average Bonchev–Trinajstić information content (AvgIpc) is 3.18. The lowest BCUT2D eigenvalue weighted by Crippen LogP contribution is -2.47. The van der Waals surface area contributed by atoms with Crippen molar-refractivity contribution in [2.75, 3.05) is 29.9 Å². The van der Waals surface area contributed by atoms with Crippen LogP contribution in [0.4, 0.5) is 21.9 Å². The van der Waals surface area contributed by atoms with Crippen molar-refractivity contribution in [3.63, 3.8) is 0 Å². The van der Waals surface area contributed by atoms with E-state index in [1.807, 2.05) is 30.3 Å². The Morgan fingerprint density at radius 1 is 1.36 bits per heavy atom. The highest BCUT2D eigenvalue weighted by Gasteiger charge is 2.33. The van der Waals surface area contributed by atoms with E-state index in [4.69, 9.17) is 0 Å². The number of nitrogens with one attached hydrogen (secondary N) is 2. The van der Waals surface area contributed by atoms with Gasteiger partial charge in [0.05, 0.1) is 22.4 Å². The van der Waals surface area contributed by atoms with Crippen LogP contribution in [0.15, 0.2) is 41.0 Å². The second-order valence-electron chi connectivity index (χ2n) is 8.53. The molecular weight excluding hydrogens is 502 g/mol. The van der Waals surface area contributed by atoms with Gasteiger partial charge in [0.2, 0.25) is 0 Å². The van der Waals surface area contributed by atoms with Crippen molar-refractivity contribution < 1.29 is 9.59 Å². The fraction of sp³-hybridized carbons (Fsp3) is 0.375. The van der Waals surface area contributed by atoms with Gasteiger partial charge in [-0.2, -0.15) is 0 Å². The zero-order valence-corrected chi connectivity index (χ0v) is 20.8. The van der Waals surface area contributed by atoms with Crippen molar-refractivity contribution >= 4 is 66.5 Å². The normalized spacial score (nSPS) is 18.4. The molecule has 33 heavy (non-hydrogen) atoms. The van der Waals surface area contributed by atoms with Gasteiger partial charge in [0.25, 0.3) is 5.91 Å². The predicted molar refractivity (Wildman–Crippen MR) is 137 cm³/mol. The van der Waals surface area contributed by atoms with E-state index in [1.54, 1.807) is 11.1 Å². The molecule has 0 bridgehead atoms. The summed E-state index contributed by atoms with van der Waals surface area (Å²) >= 11 is 4.81. The molecule has 3 aromatic rings. The van der Waals surface area contributed by atoms with Crippen LogP contribution < -0.4 is 15.5 Å². The summed E-state index contributed by atoms with van der Waals surface area (Å²) in [6, 6.07) is 9.24. The SMILES string of the molecule is CCCCN1CCCC(NC(=O)c2sc3nccc4c3c2NC(=O)N4c2cccc(Br)c2)C1. The molecule has 4 heterocycles. The second-order valence-corrected chi connectivity index (χ2v) is 10.4. The molecule has 2 aliphatic heterocycles. The zero-order chi connectivity index (χ0) is 22.9. The highest BCUT2D eigenvalue weighted by molar-refractivity contribution is 9.10. The molecule has 2 N–H and O–H groups in total. The Bertz CT molecular complexity index is 1210. The summed E-state index contributed by atoms with van der Waals surface area (Å²) in [7, 11) is 0. The number of unbranched alkanes of at least 4 members (excludes halogenated alkanes) is 1. The Morgan fingerprint density at radius 2 is 2.24 bits per heavy atom. The molecule has 0 radical (unpaired) electrons. The van der Waals surface area contributed by atoms with Crippen LogP contribution in [-0.2, 0) is 0 Å². The number of pyridine rings is 1. The third-order valence-electron chi connectivity index (χ3n) is 6.19. The number of benzene rings is 1. The standard InChI is InChI=1S/C24H26BrN5O2S/c1-2-3-11-29-12-5-7-16(14-29)27-22(31)21-20-19-18(9-10-26-23(19)33-21)30(24(32)28-20)17-8-4-6-15(25)13-17/h4,6,8-10,13,16H,2-3,5,7,11-12,14H2,1H3,(H,27,31)(H,28,32). The Hall–Kier alpha value is -2.49. The van der Waals surface area contributed by atoms with Gasteiger partial charge in [-0.1, -0.05) is 35.3 Å². The minimum absolute atomic E-state index is 0.116. The summed E-state index contributed by atoms with van der Waals surface area (Å²) in [5.74, 6) is -0.141. The molecule has 5 rings (SSSR count). The van der Waals surface area contributed by atoms with Gasteiger partial charge in [-0.15, -0.1) is 11.3 Å². The molecule has 9 heteroatoms. The fourth-order valence-corrected chi connectivity index (χ4v) is 6.03. The molecule has 1 atom stereocenters. The van der Waals surface area contributed by atoms with Gasteiger partial charge >= 0.3 is 6.03 Å². The van der Waals surface area contributed by atoms with Crippen molar-refractivity contribution in [1.82, 2.24) is 15.2 Å². The molecule has 3 amide bonds. The van der Waals surface area contributed by atoms with E-state index < -0.39 is 0 Å². The molecule has 1 fully saturated rings. The van der Waals surface area contributed by atoms with Crippen molar-refractivity contribution in [3.8, 4) is 0 Å². The third-order valence-corrected chi connectivity index (χ3v) is 7.78. The Labute approximate surface area is 205 Å². The summed E-state index contributed by atoms with van der Waals surface area (Å²) in [4.78, 5) is 36.3. The lowest BCUT2D eigenvalue weighted by atomic mass is 10.0. The van der Waals surface area contributed by atoms with Crippen LogP contribution in [0.1, 0.15) is 42.3 Å². The summed E-state index contributed by atoms with van der Waals surface area (Å²) < 4.78 is 0.884. The number of likely N-dealkylation sites (tertiary alicyclic amines) is 1. The molecular formula is C24H26BrN5O2S. The van der Waals surface area contributed by atoms with Crippen LogP contribution in [0.5, 0.6) is 0 Å². The van der Waals surface area contributed by atoms with Crippen molar-refractivity contribution in [2.45, 2.75) is 38.6 Å². The number of nitrogens with zero attached hydrogens (tertiary/aromatic N) is 3. The van der Waals surface area contributed by atoms with Crippen LogP contribution in [0.2, 0.25) is 0 Å². The first kappa shape index (κ1) is 22.3. The number of amides is 3. The molecule has 2 aliphatic rings. The number of carbonyl (C=O) groups excluding carboxylic acids is 2. The number of thiophene rings is 1. The molecule has 0 saturated carbocycles. The number of halogens is 1.